The number of aromatic nitrogens is 1. The Balaban J connectivity index is 1.82. The molecule has 1 heterocycles. The van der Waals surface area contributed by atoms with Gasteiger partial charge in [-0.2, -0.15) is 0 Å². The quantitative estimate of drug-likeness (QED) is 0.669. The lowest BCUT2D eigenvalue weighted by Gasteiger charge is -2.17. The number of hydrogen-bond donors (Lipinski definition) is 2. The number of halogens is 2. The molecule has 0 saturated heterocycles. The summed E-state index contributed by atoms with van der Waals surface area (Å²) in [4.78, 5) is 4.33. The van der Waals surface area contributed by atoms with Crippen LogP contribution < -0.4 is 11.3 Å². The Morgan fingerprint density at radius 3 is 2.65 bits per heavy atom. The second-order valence-corrected chi connectivity index (χ2v) is 5.93. The molecule has 1 aromatic carbocycles. The van der Waals surface area contributed by atoms with Crippen molar-refractivity contribution in [3.8, 4) is 0 Å². The van der Waals surface area contributed by atoms with E-state index in [1.807, 2.05) is 6.07 Å². The topological polar surface area (TPSA) is 50.9 Å². The summed E-state index contributed by atoms with van der Waals surface area (Å²) in [5.41, 5.74) is 4.95. The van der Waals surface area contributed by atoms with Crippen molar-refractivity contribution in [2.24, 2.45) is 11.8 Å². The zero-order chi connectivity index (χ0) is 14.1. The summed E-state index contributed by atoms with van der Waals surface area (Å²) in [5, 5.41) is 1.09. The maximum absolute atomic E-state index is 6.23. The molecule has 3 rings (SSSR count). The molecule has 3 atom stereocenters. The zero-order valence-corrected chi connectivity index (χ0v) is 12.3. The van der Waals surface area contributed by atoms with E-state index in [1.165, 1.54) is 5.56 Å². The first-order valence-corrected chi connectivity index (χ1v) is 7.28. The molecule has 20 heavy (non-hydrogen) atoms. The van der Waals surface area contributed by atoms with E-state index in [9.17, 15) is 0 Å². The minimum absolute atomic E-state index is 0.0510. The lowest BCUT2D eigenvalue weighted by atomic mass is 10.0. The minimum atomic E-state index is -0.0510. The van der Waals surface area contributed by atoms with Crippen LogP contribution in [0.15, 0.2) is 42.6 Å². The molecule has 5 heteroatoms. The van der Waals surface area contributed by atoms with E-state index in [0.717, 1.165) is 12.1 Å². The van der Waals surface area contributed by atoms with Crippen LogP contribution in [0.4, 0.5) is 0 Å². The van der Waals surface area contributed by atoms with E-state index in [-0.39, 0.29) is 6.04 Å². The van der Waals surface area contributed by atoms with Gasteiger partial charge in [-0.05, 0) is 29.9 Å². The summed E-state index contributed by atoms with van der Waals surface area (Å²) >= 11 is 12.1. The molecule has 1 fully saturated rings. The van der Waals surface area contributed by atoms with E-state index < -0.39 is 0 Å². The molecule has 3 unspecified atom stereocenters. The Bertz CT molecular complexity index is 603. The molecule has 1 aliphatic carbocycles. The molecular weight excluding hydrogens is 293 g/mol. The summed E-state index contributed by atoms with van der Waals surface area (Å²) in [6, 6.07) is 12.1. The van der Waals surface area contributed by atoms with Crippen LogP contribution in [0.3, 0.4) is 0 Å². The van der Waals surface area contributed by atoms with Gasteiger partial charge in [0.05, 0.1) is 21.8 Å². The third-order valence-corrected chi connectivity index (χ3v) is 4.32. The number of nitrogens with zero attached hydrogens (tertiary/aromatic N) is 1. The average Bonchev–Trinajstić information content (AvgIpc) is 3.23. The van der Waals surface area contributed by atoms with Gasteiger partial charge < -0.3 is 0 Å². The van der Waals surface area contributed by atoms with Crippen molar-refractivity contribution in [2.75, 3.05) is 0 Å². The molecule has 0 radical (unpaired) electrons. The van der Waals surface area contributed by atoms with Crippen LogP contribution in [0.25, 0.3) is 0 Å². The molecule has 0 spiro atoms. The normalized spacial score (nSPS) is 22.6. The van der Waals surface area contributed by atoms with Gasteiger partial charge in [0.2, 0.25) is 0 Å². The first-order valence-electron chi connectivity index (χ1n) is 6.52. The first-order chi connectivity index (χ1) is 9.70. The first kappa shape index (κ1) is 13.8. The smallest absolute Gasteiger partial charge is 0.0776 e. The summed E-state index contributed by atoms with van der Waals surface area (Å²) in [7, 11) is 0. The number of nitrogens with one attached hydrogen (secondary N) is 1. The molecular formula is C15H15Cl2N3. The lowest BCUT2D eigenvalue weighted by Crippen LogP contribution is -2.30. The van der Waals surface area contributed by atoms with Gasteiger partial charge in [-0.25, -0.2) is 0 Å². The number of benzene rings is 1. The fourth-order valence-corrected chi connectivity index (χ4v) is 3.22. The number of nitrogens with two attached hydrogens (primary N) is 1. The monoisotopic (exact) mass is 307 g/mol. The maximum Gasteiger partial charge on any atom is 0.0776 e. The average molecular weight is 308 g/mol. The molecule has 0 amide bonds. The van der Waals surface area contributed by atoms with Crippen LogP contribution in [0, 0.1) is 5.92 Å². The SMILES string of the molecule is NNC(c1ncc(Cl)cc1Cl)C1CC1c1ccccc1. The van der Waals surface area contributed by atoms with E-state index in [2.05, 4.69) is 34.7 Å². The lowest BCUT2D eigenvalue weighted by molar-refractivity contribution is 0.476. The van der Waals surface area contributed by atoms with Gasteiger partial charge in [0.15, 0.2) is 0 Å². The van der Waals surface area contributed by atoms with Crippen LogP contribution in [-0.4, -0.2) is 4.98 Å². The Morgan fingerprint density at radius 2 is 2.00 bits per heavy atom. The zero-order valence-electron chi connectivity index (χ0n) is 10.8. The Labute approximate surface area is 128 Å². The standard InChI is InChI=1S/C15H15Cl2N3/c16-10-6-13(17)15(19-8-10)14(20-18)12-7-11(12)9-4-2-1-3-5-9/h1-6,8,11-12,14,20H,7,18H2. The Morgan fingerprint density at radius 1 is 1.25 bits per heavy atom. The highest BCUT2D eigenvalue weighted by molar-refractivity contribution is 6.34. The van der Waals surface area contributed by atoms with E-state index in [1.54, 1.807) is 12.3 Å². The third kappa shape index (κ3) is 2.67. The molecule has 1 aliphatic rings. The molecule has 3 nitrogen and oxygen atoms in total. The fourth-order valence-electron chi connectivity index (χ4n) is 2.73. The number of pyridine rings is 1. The summed E-state index contributed by atoms with van der Waals surface area (Å²) in [5.74, 6) is 6.63. The summed E-state index contributed by atoms with van der Waals surface area (Å²) < 4.78 is 0. The third-order valence-electron chi connectivity index (χ3n) is 3.81. The Hall–Kier alpha value is -1.13. The fraction of sp³-hybridized carbons (Fsp3) is 0.267. The molecule has 3 N–H and O–H groups in total. The van der Waals surface area contributed by atoms with E-state index in [0.29, 0.717) is 21.9 Å². The van der Waals surface area contributed by atoms with Gasteiger partial charge in [0.1, 0.15) is 0 Å². The van der Waals surface area contributed by atoms with Gasteiger partial charge >= 0.3 is 0 Å². The van der Waals surface area contributed by atoms with Crippen molar-refractivity contribution in [3.63, 3.8) is 0 Å². The van der Waals surface area contributed by atoms with Crippen LogP contribution >= 0.6 is 23.2 Å². The van der Waals surface area contributed by atoms with Gasteiger partial charge in [-0.1, -0.05) is 53.5 Å². The maximum atomic E-state index is 6.23. The molecule has 2 aromatic rings. The second kappa shape index (κ2) is 5.70. The minimum Gasteiger partial charge on any atom is -0.271 e. The van der Waals surface area contributed by atoms with Crippen molar-refractivity contribution in [1.82, 2.24) is 10.4 Å². The van der Waals surface area contributed by atoms with Crippen molar-refractivity contribution in [2.45, 2.75) is 18.4 Å². The number of hydrazine groups is 1. The van der Waals surface area contributed by atoms with Gasteiger partial charge in [-0.15, -0.1) is 0 Å². The summed E-state index contributed by atoms with van der Waals surface area (Å²) in [6.45, 7) is 0. The number of hydrogen-bond acceptors (Lipinski definition) is 3. The molecule has 0 bridgehead atoms. The number of rotatable bonds is 4. The van der Waals surface area contributed by atoms with Gasteiger partial charge in [-0.3, -0.25) is 16.3 Å². The predicted molar refractivity (Wildman–Crippen MR) is 81.6 cm³/mol. The van der Waals surface area contributed by atoms with Crippen LogP contribution in [0.2, 0.25) is 10.0 Å². The largest absolute Gasteiger partial charge is 0.271 e. The van der Waals surface area contributed by atoms with E-state index >= 15 is 0 Å². The van der Waals surface area contributed by atoms with Crippen LogP contribution in [-0.2, 0) is 0 Å². The highest BCUT2D eigenvalue weighted by Crippen LogP contribution is 2.54. The van der Waals surface area contributed by atoms with Crippen LogP contribution in [0.5, 0.6) is 0 Å². The highest BCUT2D eigenvalue weighted by Gasteiger charge is 2.45. The van der Waals surface area contributed by atoms with Crippen molar-refractivity contribution in [1.29, 1.82) is 0 Å². The Kier molecular flexibility index (Phi) is 3.94. The van der Waals surface area contributed by atoms with Crippen molar-refractivity contribution < 1.29 is 0 Å². The molecule has 0 aliphatic heterocycles. The molecule has 1 saturated carbocycles. The van der Waals surface area contributed by atoms with E-state index in [4.69, 9.17) is 29.0 Å². The van der Waals surface area contributed by atoms with Gasteiger partial charge in [0.25, 0.3) is 0 Å². The van der Waals surface area contributed by atoms with Crippen LogP contribution in [0.1, 0.15) is 29.6 Å². The van der Waals surface area contributed by atoms with Gasteiger partial charge in [0, 0.05) is 6.20 Å². The molecule has 104 valence electrons. The highest BCUT2D eigenvalue weighted by atomic mass is 35.5. The molecule has 1 aromatic heterocycles. The summed E-state index contributed by atoms with van der Waals surface area (Å²) in [6.07, 6.45) is 2.69. The van der Waals surface area contributed by atoms with Crippen molar-refractivity contribution >= 4 is 23.2 Å². The predicted octanol–water partition coefficient (Wildman–Crippen LogP) is 3.70. The second-order valence-electron chi connectivity index (χ2n) is 5.08. The van der Waals surface area contributed by atoms with Crippen molar-refractivity contribution in [3.05, 3.63) is 63.9 Å².